The molecule has 29 heavy (non-hydrogen) atoms. The first-order valence-electron chi connectivity index (χ1n) is 8.12. The number of carboxylic acid groups (broad SMARTS) is 1. The predicted octanol–water partition coefficient (Wildman–Crippen LogP) is 3.48. The maximum absolute atomic E-state index is 13.3. The molecule has 0 bridgehead atoms. The molecule has 2 aromatic rings. The van der Waals surface area contributed by atoms with E-state index in [4.69, 9.17) is 21.4 Å². The number of amides is 3. The molecular formula is C18H16ClF2N3O5. The topological polar surface area (TPSA) is 117 Å². The van der Waals surface area contributed by atoms with Crippen LogP contribution in [0.25, 0.3) is 0 Å². The van der Waals surface area contributed by atoms with Gasteiger partial charge in [-0.1, -0.05) is 11.6 Å². The lowest BCUT2D eigenvalue weighted by molar-refractivity contribution is -0.136. The van der Waals surface area contributed by atoms with Crippen molar-refractivity contribution in [3.63, 3.8) is 0 Å². The van der Waals surface area contributed by atoms with E-state index in [-0.39, 0.29) is 29.4 Å². The first kappa shape index (κ1) is 21.9. The Morgan fingerprint density at radius 3 is 2.48 bits per heavy atom. The molecule has 0 aliphatic carbocycles. The van der Waals surface area contributed by atoms with Crippen molar-refractivity contribution in [3.05, 3.63) is 52.6 Å². The smallest absolute Gasteiger partial charge is 0.326 e. The summed E-state index contributed by atoms with van der Waals surface area (Å²) in [7, 11) is 1.36. The average molecular weight is 428 g/mol. The molecule has 8 nitrogen and oxygen atoms in total. The third-order valence-electron chi connectivity index (χ3n) is 3.60. The molecule has 2 aromatic carbocycles. The molecule has 0 aromatic heterocycles. The van der Waals surface area contributed by atoms with Gasteiger partial charge in [0.25, 0.3) is 5.91 Å². The third kappa shape index (κ3) is 6.04. The molecule has 0 aliphatic heterocycles. The van der Waals surface area contributed by atoms with Gasteiger partial charge < -0.3 is 20.5 Å². The summed E-state index contributed by atoms with van der Waals surface area (Å²) in [5.41, 5.74) is 0.253. The molecule has 0 saturated carbocycles. The maximum Gasteiger partial charge on any atom is 0.326 e. The van der Waals surface area contributed by atoms with Crippen LogP contribution in [0.4, 0.5) is 25.0 Å². The van der Waals surface area contributed by atoms with E-state index in [2.05, 4.69) is 10.6 Å². The Morgan fingerprint density at radius 2 is 1.83 bits per heavy atom. The third-order valence-corrected chi connectivity index (χ3v) is 3.91. The molecule has 0 radical (unpaired) electrons. The van der Waals surface area contributed by atoms with Gasteiger partial charge in [0.05, 0.1) is 29.8 Å². The van der Waals surface area contributed by atoms with Crippen LogP contribution in [0.2, 0.25) is 5.02 Å². The summed E-state index contributed by atoms with van der Waals surface area (Å²) in [6.07, 6.45) is -0.112. The summed E-state index contributed by atoms with van der Waals surface area (Å²) in [5, 5.41) is 15.5. The van der Waals surface area contributed by atoms with Gasteiger partial charge >= 0.3 is 12.0 Å². The van der Waals surface area contributed by atoms with E-state index in [1.807, 2.05) is 5.32 Å². The first-order chi connectivity index (χ1) is 13.7. The number of ether oxygens (including phenoxy) is 1. The monoisotopic (exact) mass is 427 g/mol. The van der Waals surface area contributed by atoms with Crippen LogP contribution in [0.15, 0.2) is 30.3 Å². The van der Waals surface area contributed by atoms with E-state index in [1.54, 1.807) is 6.07 Å². The van der Waals surface area contributed by atoms with Gasteiger partial charge in [0.15, 0.2) is 11.6 Å². The van der Waals surface area contributed by atoms with E-state index < -0.39 is 35.1 Å². The minimum Gasteiger partial charge on any atom is -0.495 e. The SMILES string of the molecule is COc1ccc(NCCC(=O)O)cc1NC(=O)NC(=O)c1cc(F)c(F)cc1Cl. The van der Waals surface area contributed by atoms with Gasteiger partial charge in [-0.15, -0.1) is 0 Å². The van der Waals surface area contributed by atoms with Gasteiger partial charge in [-0.2, -0.15) is 0 Å². The Balaban J connectivity index is 2.10. The second kappa shape index (κ2) is 9.69. The molecule has 0 fully saturated rings. The van der Waals surface area contributed by atoms with Crippen molar-refractivity contribution in [3.8, 4) is 5.75 Å². The zero-order valence-corrected chi connectivity index (χ0v) is 15.8. The lowest BCUT2D eigenvalue weighted by atomic mass is 10.2. The van der Waals surface area contributed by atoms with Crippen LogP contribution in [0, 0.1) is 11.6 Å². The number of nitrogens with one attached hydrogen (secondary N) is 3. The van der Waals surface area contributed by atoms with Crippen LogP contribution in [0.3, 0.4) is 0 Å². The zero-order chi connectivity index (χ0) is 21.6. The zero-order valence-electron chi connectivity index (χ0n) is 15.0. The number of hydrogen-bond donors (Lipinski definition) is 4. The van der Waals surface area contributed by atoms with Crippen LogP contribution < -0.4 is 20.7 Å². The summed E-state index contributed by atoms with van der Waals surface area (Å²) in [5.74, 6) is -4.27. The number of benzene rings is 2. The Morgan fingerprint density at radius 1 is 1.14 bits per heavy atom. The number of methoxy groups -OCH3 is 1. The van der Waals surface area contributed by atoms with Crippen molar-refractivity contribution < 1.29 is 33.0 Å². The molecule has 154 valence electrons. The summed E-state index contributed by atoms with van der Waals surface area (Å²) < 4.78 is 31.5. The second-order valence-corrected chi connectivity index (χ2v) is 6.05. The quantitative estimate of drug-likeness (QED) is 0.503. The number of carbonyl (C=O) groups excluding carboxylic acids is 2. The van der Waals surface area contributed by atoms with Gasteiger partial charge in [-0.3, -0.25) is 14.9 Å². The molecule has 4 N–H and O–H groups in total. The second-order valence-electron chi connectivity index (χ2n) is 5.64. The number of imide groups is 1. The fourth-order valence-corrected chi connectivity index (χ4v) is 2.49. The largest absolute Gasteiger partial charge is 0.495 e. The number of aliphatic carboxylic acids is 1. The lowest BCUT2D eigenvalue weighted by Crippen LogP contribution is -2.34. The van der Waals surface area contributed by atoms with Crippen molar-refractivity contribution in [1.82, 2.24) is 5.32 Å². The minimum absolute atomic E-state index is 0.112. The highest BCUT2D eigenvalue weighted by atomic mass is 35.5. The number of halogens is 3. The van der Waals surface area contributed by atoms with Crippen LogP contribution in [0.1, 0.15) is 16.8 Å². The minimum atomic E-state index is -1.29. The van der Waals surface area contributed by atoms with Gasteiger partial charge in [-0.25, -0.2) is 13.6 Å². The van der Waals surface area contributed by atoms with E-state index in [0.717, 1.165) is 0 Å². The standard InChI is InChI=1S/C18H16ClF2N3O5/c1-29-15-3-2-9(22-5-4-16(25)26)6-14(15)23-18(28)24-17(27)10-7-12(20)13(21)8-11(10)19/h2-3,6-8,22H,4-5H2,1H3,(H,25,26)(H2,23,24,27,28). The van der Waals surface area contributed by atoms with Crippen LogP contribution in [-0.4, -0.2) is 36.7 Å². The molecule has 0 unspecified atom stereocenters. The Kier molecular flexibility index (Phi) is 7.32. The highest BCUT2D eigenvalue weighted by Gasteiger charge is 2.18. The Labute approximate surface area is 168 Å². The van der Waals surface area contributed by atoms with Crippen LogP contribution in [-0.2, 0) is 4.79 Å². The van der Waals surface area contributed by atoms with Crippen LogP contribution >= 0.6 is 11.6 Å². The molecule has 0 saturated heterocycles. The van der Waals surface area contributed by atoms with Crippen molar-refractivity contribution in [1.29, 1.82) is 0 Å². The Bertz CT molecular complexity index is 955. The number of hydrogen-bond acceptors (Lipinski definition) is 5. The molecule has 0 atom stereocenters. The van der Waals surface area contributed by atoms with Gasteiger partial charge in [0.1, 0.15) is 5.75 Å². The molecule has 2 rings (SSSR count). The van der Waals surface area contributed by atoms with E-state index >= 15 is 0 Å². The van der Waals surface area contributed by atoms with Gasteiger partial charge in [-0.05, 0) is 30.3 Å². The number of anilines is 2. The Hall–Kier alpha value is -3.40. The maximum atomic E-state index is 13.3. The number of urea groups is 1. The van der Waals surface area contributed by atoms with Crippen LogP contribution in [0.5, 0.6) is 5.75 Å². The molecule has 0 spiro atoms. The molecule has 0 aliphatic rings. The summed E-state index contributed by atoms with van der Waals surface area (Å²) in [6.45, 7) is 0.153. The average Bonchev–Trinajstić information content (AvgIpc) is 2.64. The number of carbonyl (C=O) groups is 3. The highest BCUT2D eigenvalue weighted by Crippen LogP contribution is 2.28. The molecule has 11 heteroatoms. The fourth-order valence-electron chi connectivity index (χ4n) is 2.25. The van der Waals surface area contributed by atoms with E-state index in [9.17, 15) is 23.2 Å². The van der Waals surface area contributed by atoms with E-state index in [0.29, 0.717) is 17.8 Å². The van der Waals surface area contributed by atoms with Crippen molar-refractivity contribution in [2.45, 2.75) is 6.42 Å². The van der Waals surface area contributed by atoms with E-state index in [1.165, 1.54) is 19.2 Å². The predicted molar refractivity (Wildman–Crippen MR) is 102 cm³/mol. The van der Waals surface area contributed by atoms with Crippen molar-refractivity contribution in [2.75, 3.05) is 24.3 Å². The highest BCUT2D eigenvalue weighted by molar-refractivity contribution is 6.34. The van der Waals surface area contributed by atoms with Gasteiger partial charge in [0, 0.05) is 12.2 Å². The summed E-state index contributed by atoms with van der Waals surface area (Å²) >= 11 is 5.71. The summed E-state index contributed by atoms with van der Waals surface area (Å²) in [6, 6.07) is 4.82. The van der Waals surface area contributed by atoms with Gasteiger partial charge in [0.2, 0.25) is 0 Å². The molecule has 0 heterocycles. The number of rotatable bonds is 7. The lowest BCUT2D eigenvalue weighted by Gasteiger charge is -2.13. The van der Waals surface area contributed by atoms with Crippen molar-refractivity contribution in [2.24, 2.45) is 0 Å². The molecular weight excluding hydrogens is 412 g/mol. The summed E-state index contributed by atoms with van der Waals surface area (Å²) in [4.78, 5) is 34.8. The normalized spacial score (nSPS) is 10.2. The first-order valence-corrected chi connectivity index (χ1v) is 8.49. The number of carboxylic acids is 1. The molecule has 3 amide bonds. The fraction of sp³-hybridized carbons (Fsp3) is 0.167. The van der Waals surface area contributed by atoms with Crippen molar-refractivity contribution >= 4 is 40.9 Å².